The molecule has 5 heteroatoms. The number of ether oxygens (including phenoxy) is 1. The number of rotatable bonds is 2. The quantitative estimate of drug-likeness (QED) is 0.774. The second kappa shape index (κ2) is 4.64. The molecule has 4 atom stereocenters. The van der Waals surface area contributed by atoms with Crippen molar-refractivity contribution in [3.63, 3.8) is 0 Å². The average Bonchev–Trinajstić information content (AvgIpc) is 2.69. The highest BCUT2D eigenvalue weighted by Crippen LogP contribution is 2.32. The molecule has 0 radical (unpaired) electrons. The SMILES string of the molecule is CC1CC(=O)N(C2CCOC2)C(C)C1C(=O)O. The lowest BCUT2D eigenvalue weighted by Crippen LogP contribution is -2.56. The Morgan fingerprint density at radius 3 is 2.71 bits per heavy atom. The maximum absolute atomic E-state index is 12.0. The molecule has 2 fully saturated rings. The van der Waals surface area contributed by atoms with Crippen LogP contribution in [0.5, 0.6) is 0 Å². The Labute approximate surface area is 101 Å². The number of carbonyl (C=O) groups excluding carboxylic acids is 1. The van der Waals surface area contributed by atoms with Gasteiger partial charge in [-0.1, -0.05) is 6.92 Å². The van der Waals surface area contributed by atoms with E-state index in [1.165, 1.54) is 0 Å². The van der Waals surface area contributed by atoms with Gasteiger partial charge in [0.25, 0.3) is 0 Å². The Kier molecular flexibility index (Phi) is 3.38. The summed E-state index contributed by atoms with van der Waals surface area (Å²) in [5.41, 5.74) is 0. The largest absolute Gasteiger partial charge is 0.481 e. The zero-order valence-corrected chi connectivity index (χ0v) is 10.3. The first-order valence-corrected chi connectivity index (χ1v) is 6.14. The van der Waals surface area contributed by atoms with E-state index in [1.54, 1.807) is 4.90 Å². The van der Waals surface area contributed by atoms with Gasteiger partial charge in [-0.2, -0.15) is 0 Å². The number of nitrogens with zero attached hydrogens (tertiary/aromatic N) is 1. The molecule has 2 rings (SSSR count). The van der Waals surface area contributed by atoms with E-state index < -0.39 is 11.9 Å². The molecule has 2 aliphatic rings. The van der Waals surface area contributed by atoms with Gasteiger partial charge in [-0.05, 0) is 19.3 Å². The molecule has 5 nitrogen and oxygen atoms in total. The number of carboxylic acid groups (broad SMARTS) is 1. The minimum Gasteiger partial charge on any atom is -0.481 e. The smallest absolute Gasteiger partial charge is 0.308 e. The third kappa shape index (κ3) is 2.16. The lowest BCUT2D eigenvalue weighted by molar-refractivity contribution is -0.156. The summed E-state index contributed by atoms with van der Waals surface area (Å²) >= 11 is 0. The molecule has 1 amide bonds. The van der Waals surface area contributed by atoms with Gasteiger partial charge in [0.15, 0.2) is 0 Å². The number of piperidine rings is 1. The second-order valence-electron chi connectivity index (χ2n) is 5.10. The number of carboxylic acids is 1. The predicted molar refractivity (Wildman–Crippen MR) is 60.4 cm³/mol. The van der Waals surface area contributed by atoms with Crippen LogP contribution in [0, 0.1) is 11.8 Å². The Bertz CT molecular complexity index is 324. The standard InChI is InChI=1S/C12H19NO4/c1-7-5-10(14)13(9-3-4-17-6-9)8(2)11(7)12(15)16/h7-9,11H,3-6H2,1-2H3,(H,15,16). The number of hydrogen-bond acceptors (Lipinski definition) is 3. The van der Waals surface area contributed by atoms with Crippen molar-refractivity contribution in [3.8, 4) is 0 Å². The Balaban J connectivity index is 2.19. The molecular weight excluding hydrogens is 222 g/mol. The first-order valence-electron chi connectivity index (χ1n) is 6.14. The van der Waals surface area contributed by atoms with Gasteiger partial charge in [0, 0.05) is 19.1 Å². The number of amides is 1. The summed E-state index contributed by atoms with van der Waals surface area (Å²) in [6.45, 7) is 4.88. The number of hydrogen-bond donors (Lipinski definition) is 1. The van der Waals surface area contributed by atoms with Gasteiger partial charge in [0.05, 0.1) is 18.6 Å². The Morgan fingerprint density at radius 1 is 1.47 bits per heavy atom. The van der Waals surface area contributed by atoms with E-state index in [9.17, 15) is 14.7 Å². The summed E-state index contributed by atoms with van der Waals surface area (Å²) in [4.78, 5) is 25.1. The molecule has 0 aromatic carbocycles. The molecule has 96 valence electrons. The molecule has 0 saturated carbocycles. The lowest BCUT2D eigenvalue weighted by atomic mass is 9.80. The van der Waals surface area contributed by atoms with Gasteiger partial charge in [-0.3, -0.25) is 9.59 Å². The fraction of sp³-hybridized carbons (Fsp3) is 0.833. The highest BCUT2D eigenvalue weighted by atomic mass is 16.5. The van der Waals surface area contributed by atoms with Crippen LogP contribution < -0.4 is 0 Å². The third-order valence-corrected chi connectivity index (χ3v) is 3.94. The summed E-state index contributed by atoms with van der Waals surface area (Å²) in [5, 5.41) is 9.26. The van der Waals surface area contributed by atoms with Gasteiger partial charge in [-0.15, -0.1) is 0 Å². The van der Waals surface area contributed by atoms with E-state index in [0.29, 0.717) is 19.6 Å². The summed E-state index contributed by atoms with van der Waals surface area (Å²) in [7, 11) is 0. The maximum Gasteiger partial charge on any atom is 0.308 e. The first kappa shape index (κ1) is 12.4. The predicted octanol–water partition coefficient (Wildman–Crippen LogP) is 0.733. The van der Waals surface area contributed by atoms with Gasteiger partial charge in [0.2, 0.25) is 5.91 Å². The summed E-state index contributed by atoms with van der Waals surface area (Å²) < 4.78 is 5.29. The molecule has 0 aromatic heterocycles. The van der Waals surface area contributed by atoms with Crippen molar-refractivity contribution in [1.82, 2.24) is 4.90 Å². The van der Waals surface area contributed by atoms with Crippen LogP contribution in [0.4, 0.5) is 0 Å². The lowest BCUT2D eigenvalue weighted by Gasteiger charge is -2.43. The Hall–Kier alpha value is -1.10. The molecular formula is C12H19NO4. The van der Waals surface area contributed by atoms with E-state index in [-0.39, 0.29) is 23.9 Å². The minimum absolute atomic E-state index is 0.0619. The molecule has 2 aliphatic heterocycles. The van der Waals surface area contributed by atoms with Crippen LogP contribution in [-0.2, 0) is 14.3 Å². The fourth-order valence-corrected chi connectivity index (χ4v) is 3.11. The molecule has 2 heterocycles. The molecule has 0 aliphatic carbocycles. The highest BCUT2D eigenvalue weighted by Gasteiger charge is 2.44. The van der Waals surface area contributed by atoms with Crippen LogP contribution in [0.15, 0.2) is 0 Å². The van der Waals surface area contributed by atoms with E-state index in [4.69, 9.17) is 4.74 Å². The zero-order valence-electron chi connectivity index (χ0n) is 10.3. The molecule has 0 spiro atoms. The Morgan fingerprint density at radius 2 is 2.18 bits per heavy atom. The fourth-order valence-electron chi connectivity index (χ4n) is 3.11. The van der Waals surface area contributed by atoms with Gasteiger partial charge in [0.1, 0.15) is 0 Å². The van der Waals surface area contributed by atoms with Crippen LogP contribution in [-0.4, -0.2) is 47.2 Å². The summed E-state index contributed by atoms with van der Waals surface area (Å²) in [6, 6.07) is -0.178. The van der Waals surface area contributed by atoms with Crippen molar-refractivity contribution in [1.29, 1.82) is 0 Å². The van der Waals surface area contributed by atoms with E-state index in [1.807, 2.05) is 13.8 Å². The van der Waals surface area contributed by atoms with Gasteiger partial charge in [-0.25, -0.2) is 0 Å². The summed E-state index contributed by atoms with van der Waals surface area (Å²) in [6.07, 6.45) is 1.15. The zero-order chi connectivity index (χ0) is 12.6. The van der Waals surface area contributed by atoms with E-state index >= 15 is 0 Å². The summed E-state index contributed by atoms with van der Waals surface area (Å²) in [5.74, 6) is -1.29. The molecule has 0 aromatic rings. The molecule has 2 saturated heterocycles. The van der Waals surface area contributed by atoms with Gasteiger partial charge < -0.3 is 14.7 Å². The third-order valence-electron chi connectivity index (χ3n) is 3.94. The normalized spacial score (nSPS) is 38.5. The average molecular weight is 241 g/mol. The van der Waals surface area contributed by atoms with Crippen LogP contribution in [0.3, 0.4) is 0 Å². The highest BCUT2D eigenvalue weighted by molar-refractivity contribution is 5.82. The topological polar surface area (TPSA) is 66.8 Å². The minimum atomic E-state index is -0.804. The molecule has 4 unspecified atom stereocenters. The van der Waals surface area contributed by atoms with Crippen molar-refractivity contribution in [2.24, 2.45) is 11.8 Å². The van der Waals surface area contributed by atoms with Crippen molar-refractivity contribution in [2.75, 3.05) is 13.2 Å². The monoisotopic (exact) mass is 241 g/mol. The van der Waals surface area contributed by atoms with Crippen molar-refractivity contribution in [3.05, 3.63) is 0 Å². The molecule has 1 N–H and O–H groups in total. The second-order valence-corrected chi connectivity index (χ2v) is 5.10. The van der Waals surface area contributed by atoms with Crippen molar-refractivity contribution < 1.29 is 19.4 Å². The van der Waals surface area contributed by atoms with Crippen LogP contribution >= 0.6 is 0 Å². The van der Waals surface area contributed by atoms with Crippen molar-refractivity contribution >= 4 is 11.9 Å². The van der Waals surface area contributed by atoms with Crippen LogP contribution in [0.1, 0.15) is 26.7 Å². The number of carbonyl (C=O) groups is 2. The van der Waals surface area contributed by atoms with Crippen LogP contribution in [0.2, 0.25) is 0 Å². The van der Waals surface area contributed by atoms with Gasteiger partial charge >= 0.3 is 5.97 Å². The first-order chi connectivity index (χ1) is 8.02. The molecule has 17 heavy (non-hydrogen) atoms. The maximum atomic E-state index is 12.0. The number of likely N-dealkylation sites (tertiary alicyclic amines) is 1. The van der Waals surface area contributed by atoms with Crippen molar-refractivity contribution in [2.45, 2.75) is 38.8 Å². The molecule has 0 bridgehead atoms. The number of aliphatic carboxylic acids is 1. The van der Waals surface area contributed by atoms with Crippen LogP contribution in [0.25, 0.3) is 0 Å². The van der Waals surface area contributed by atoms with E-state index in [0.717, 1.165) is 6.42 Å². The van der Waals surface area contributed by atoms with E-state index in [2.05, 4.69) is 0 Å².